The minimum Gasteiger partial charge on any atom is -0.457 e. The molecule has 3 aromatic carbocycles. The first-order valence-electron chi connectivity index (χ1n) is 19.5. The number of anilines is 2. The molecule has 0 radical (unpaired) electrons. The molecule has 3 aromatic rings. The number of ketones is 1. The highest BCUT2D eigenvalue weighted by atomic mass is 35.5. The summed E-state index contributed by atoms with van der Waals surface area (Å²) < 4.78 is 29.7. The Labute approximate surface area is 320 Å². The molecule has 4 saturated heterocycles. The highest BCUT2D eigenvalue weighted by Crippen LogP contribution is 2.58. The number of nitrogens with one attached hydrogen (secondary N) is 2. The molecule has 11 nitrogen and oxygen atoms in total. The normalized spacial score (nSPS) is 25.7. The maximum absolute atomic E-state index is 14.1. The van der Waals surface area contributed by atoms with Crippen LogP contribution in [0.25, 0.3) is 0 Å². The number of unbranched alkanes of at least 4 members (excludes halogenated alkanes) is 3. The van der Waals surface area contributed by atoms with Gasteiger partial charge in [0.1, 0.15) is 11.5 Å². The molecule has 54 heavy (non-hydrogen) atoms. The fourth-order valence-corrected chi connectivity index (χ4v) is 9.61. The van der Waals surface area contributed by atoms with E-state index in [2.05, 4.69) is 39.4 Å². The van der Waals surface area contributed by atoms with Crippen molar-refractivity contribution in [2.75, 3.05) is 75.1 Å². The van der Waals surface area contributed by atoms with Crippen molar-refractivity contribution in [1.82, 2.24) is 5.32 Å². The summed E-state index contributed by atoms with van der Waals surface area (Å²) in [5.74, 6) is 1.31. The molecular formula is C42H47ClN4O7. The van der Waals surface area contributed by atoms with Crippen LogP contribution in [-0.2, 0) is 24.4 Å². The fourth-order valence-electron chi connectivity index (χ4n) is 9.42. The van der Waals surface area contributed by atoms with Gasteiger partial charge in [-0.15, -0.1) is 11.6 Å². The Morgan fingerprint density at radius 2 is 1.35 bits per heavy atom. The summed E-state index contributed by atoms with van der Waals surface area (Å²) in [7, 11) is 0. The average molecular weight is 755 g/mol. The Balaban J connectivity index is 0.981. The van der Waals surface area contributed by atoms with Crippen LogP contribution in [0.2, 0.25) is 0 Å². The van der Waals surface area contributed by atoms with Gasteiger partial charge in [-0.2, -0.15) is 0 Å². The second kappa shape index (κ2) is 14.9. The highest BCUT2D eigenvalue weighted by Gasteiger charge is 2.56. The Morgan fingerprint density at radius 1 is 0.759 bits per heavy atom. The zero-order valence-electron chi connectivity index (χ0n) is 30.4. The van der Waals surface area contributed by atoms with Crippen LogP contribution in [0.15, 0.2) is 54.6 Å². The topological polar surface area (TPSA) is 123 Å². The van der Waals surface area contributed by atoms with Crippen molar-refractivity contribution in [3.05, 3.63) is 82.4 Å². The van der Waals surface area contributed by atoms with Crippen molar-refractivity contribution in [3.63, 3.8) is 0 Å². The standard InChI is InChI=1S/C42H47ClN4O7/c43-11-3-1-2-4-13-50-15-16-51-14-12-45-41(49)26-5-8-33-36(17-26)42(40(44)39(33)48)34-9-6-27(46-29-18-30(46)23-52-22-29)20-37(34)54-38-21-28(7-10-35(38)42)47-31-19-32(47)25-53-24-31/h5-10,17,20-21,29-32,44H,1-4,11-16,18-19,22-25H2,(H,45,49). The molecule has 1 amide bonds. The third-order valence-electron chi connectivity index (χ3n) is 12.1. The number of rotatable bonds is 15. The van der Waals surface area contributed by atoms with Gasteiger partial charge in [0.2, 0.25) is 5.78 Å². The number of fused-ring (bicyclic) bond motifs is 10. The van der Waals surface area contributed by atoms with Gasteiger partial charge >= 0.3 is 0 Å². The zero-order valence-corrected chi connectivity index (χ0v) is 31.2. The van der Waals surface area contributed by atoms with Crippen molar-refractivity contribution in [1.29, 1.82) is 5.41 Å². The molecule has 5 aliphatic heterocycles. The van der Waals surface area contributed by atoms with Crippen LogP contribution in [0.5, 0.6) is 11.5 Å². The number of halogens is 1. The van der Waals surface area contributed by atoms with Gasteiger partial charge in [0, 0.05) is 64.8 Å². The number of hydrogen-bond donors (Lipinski definition) is 2. The molecule has 0 saturated carbocycles. The molecule has 4 atom stereocenters. The molecule has 6 aliphatic rings. The molecule has 1 aliphatic carbocycles. The predicted molar refractivity (Wildman–Crippen MR) is 205 cm³/mol. The predicted octanol–water partition coefficient (Wildman–Crippen LogP) is 5.86. The van der Waals surface area contributed by atoms with Gasteiger partial charge in [-0.25, -0.2) is 0 Å². The number of amides is 1. The van der Waals surface area contributed by atoms with E-state index in [1.165, 1.54) is 0 Å². The molecular weight excluding hydrogens is 708 g/mol. The van der Waals surface area contributed by atoms with Crippen molar-refractivity contribution in [2.45, 2.75) is 68.1 Å². The van der Waals surface area contributed by atoms with Crippen molar-refractivity contribution >= 4 is 40.4 Å². The first-order valence-corrected chi connectivity index (χ1v) is 20.0. The van der Waals surface area contributed by atoms with Crippen molar-refractivity contribution in [2.24, 2.45) is 0 Å². The quantitative estimate of drug-likeness (QED) is 0.145. The number of hydrogen-bond acceptors (Lipinski definition) is 10. The summed E-state index contributed by atoms with van der Waals surface area (Å²) in [5.41, 5.74) is 3.69. The fraction of sp³-hybridized carbons (Fsp3) is 0.500. The summed E-state index contributed by atoms with van der Waals surface area (Å²) in [6.07, 6.45) is 6.48. The minimum absolute atomic E-state index is 0.0457. The smallest absolute Gasteiger partial charge is 0.251 e. The maximum Gasteiger partial charge on any atom is 0.251 e. The average Bonchev–Trinajstić information content (AvgIpc) is 3.40. The summed E-state index contributed by atoms with van der Waals surface area (Å²) in [4.78, 5) is 32.4. The number of alkyl halides is 1. The highest BCUT2D eigenvalue weighted by molar-refractivity contribution is 6.53. The molecule has 5 heterocycles. The number of nitrogens with zero attached hydrogens (tertiary/aromatic N) is 2. The van der Waals surface area contributed by atoms with E-state index < -0.39 is 5.41 Å². The lowest BCUT2D eigenvalue weighted by Crippen LogP contribution is -2.64. The van der Waals surface area contributed by atoms with Gasteiger partial charge in [-0.1, -0.05) is 25.0 Å². The second-order valence-electron chi connectivity index (χ2n) is 15.2. The van der Waals surface area contributed by atoms with Crippen LogP contribution in [0, 0.1) is 5.41 Å². The minimum atomic E-state index is -1.25. The Bertz CT molecular complexity index is 1850. The molecule has 4 unspecified atom stereocenters. The lowest BCUT2D eigenvalue weighted by Gasteiger charge is -2.54. The van der Waals surface area contributed by atoms with Gasteiger partial charge in [0.05, 0.1) is 81.5 Å². The lowest BCUT2D eigenvalue weighted by molar-refractivity contribution is 0.0102. The monoisotopic (exact) mass is 754 g/mol. The third kappa shape index (κ3) is 5.99. The molecule has 4 fully saturated rings. The third-order valence-corrected chi connectivity index (χ3v) is 12.3. The Hall–Kier alpha value is -4.00. The van der Waals surface area contributed by atoms with Crippen LogP contribution in [0.4, 0.5) is 11.4 Å². The van der Waals surface area contributed by atoms with Crippen molar-refractivity contribution < 1.29 is 33.3 Å². The lowest BCUT2D eigenvalue weighted by atomic mass is 9.67. The van der Waals surface area contributed by atoms with E-state index in [4.69, 9.17) is 35.3 Å². The molecule has 4 bridgehead atoms. The summed E-state index contributed by atoms with van der Waals surface area (Å²) >= 11 is 5.73. The summed E-state index contributed by atoms with van der Waals surface area (Å²) in [6, 6.07) is 18.7. The first-order chi connectivity index (χ1) is 26.5. The first kappa shape index (κ1) is 35.7. The Kier molecular flexibility index (Phi) is 9.86. The van der Waals surface area contributed by atoms with Crippen LogP contribution in [-0.4, -0.2) is 107 Å². The van der Waals surface area contributed by atoms with Gasteiger partial charge in [-0.05, 0) is 61.6 Å². The van der Waals surface area contributed by atoms with E-state index >= 15 is 0 Å². The number of benzene rings is 3. The number of carbonyl (C=O) groups excluding carboxylic acids is 2. The molecule has 284 valence electrons. The zero-order chi connectivity index (χ0) is 36.8. The molecule has 0 aromatic heterocycles. The maximum atomic E-state index is 14.1. The van der Waals surface area contributed by atoms with Crippen LogP contribution < -0.4 is 19.9 Å². The van der Waals surface area contributed by atoms with Crippen molar-refractivity contribution in [3.8, 4) is 11.5 Å². The van der Waals surface area contributed by atoms with E-state index in [0.29, 0.717) is 118 Å². The van der Waals surface area contributed by atoms with Crippen LogP contribution >= 0.6 is 11.6 Å². The number of Topliss-reactive ketones (excluding diaryl/α,β-unsaturated/α-hetero) is 1. The molecule has 12 heteroatoms. The number of morpholine rings is 2. The molecule has 2 N–H and O–H groups in total. The van der Waals surface area contributed by atoms with Crippen LogP contribution in [0.1, 0.15) is 75.9 Å². The molecule has 9 rings (SSSR count). The molecule has 1 spiro atoms. The van der Waals surface area contributed by atoms with E-state index in [-0.39, 0.29) is 17.4 Å². The Morgan fingerprint density at radius 3 is 1.94 bits per heavy atom. The van der Waals surface area contributed by atoms with Gasteiger partial charge in [0.15, 0.2) is 0 Å². The van der Waals surface area contributed by atoms with E-state index in [0.717, 1.165) is 61.0 Å². The number of carbonyl (C=O) groups is 2. The van der Waals surface area contributed by atoms with Gasteiger partial charge in [0.25, 0.3) is 5.91 Å². The summed E-state index contributed by atoms with van der Waals surface area (Å²) in [6.45, 7) is 5.12. The summed E-state index contributed by atoms with van der Waals surface area (Å²) in [5, 5.41) is 12.5. The van der Waals surface area contributed by atoms with Gasteiger partial charge in [-0.3, -0.25) is 15.0 Å². The second-order valence-corrected chi connectivity index (χ2v) is 15.6. The van der Waals surface area contributed by atoms with E-state index in [1.54, 1.807) is 18.2 Å². The van der Waals surface area contributed by atoms with E-state index in [1.807, 2.05) is 12.1 Å². The SMILES string of the molecule is N=C1C(=O)c2ccc(C(=O)NCCOCCOCCCCCCCl)cc2C12c1ccc(N3C4COCC3C4)cc1Oc1cc(N3C4COCC3C4)ccc12. The number of ether oxygens (including phenoxy) is 5. The van der Waals surface area contributed by atoms with Crippen LogP contribution in [0.3, 0.4) is 0 Å². The van der Waals surface area contributed by atoms with E-state index in [9.17, 15) is 15.0 Å². The largest absolute Gasteiger partial charge is 0.457 e. The van der Waals surface area contributed by atoms with Gasteiger partial charge < -0.3 is 38.8 Å².